The minimum atomic E-state index is -1.90. The summed E-state index contributed by atoms with van der Waals surface area (Å²) in [6.45, 7) is 13.8. The molecule has 0 heterocycles. The van der Waals surface area contributed by atoms with Crippen LogP contribution in [0, 0.1) is 11.3 Å². The van der Waals surface area contributed by atoms with Crippen LogP contribution in [-0.4, -0.2) is 8.32 Å². The zero-order valence-corrected chi connectivity index (χ0v) is 14.9. The summed E-state index contributed by atoms with van der Waals surface area (Å²) in [5.41, 5.74) is 4.65. The van der Waals surface area contributed by atoms with Crippen molar-refractivity contribution in [2.75, 3.05) is 0 Å². The summed E-state index contributed by atoms with van der Waals surface area (Å²) in [4.78, 5) is 0. The molecule has 0 radical (unpaired) electrons. The Kier molecular flexibility index (Phi) is 4.29. The molecule has 0 amide bonds. The molecular formula is C18H25NOSi. The summed E-state index contributed by atoms with van der Waals surface area (Å²) in [6, 6.07) is 8.34. The standard InChI is InChI=1S/C18H25NOSi/c1-12(2)21(13(3)4,14(5)6)20-17-7-8-18-15(10-17)9-16(18)11-19/h7-10,12-14H,1-6H3. The first-order chi connectivity index (χ1) is 9.82. The Labute approximate surface area is 129 Å². The summed E-state index contributed by atoms with van der Waals surface area (Å²) in [5.74, 6) is 0.963. The lowest BCUT2D eigenvalue weighted by Gasteiger charge is -2.42. The fourth-order valence-corrected chi connectivity index (χ4v) is 9.02. The predicted octanol–water partition coefficient (Wildman–Crippen LogP) is 5.62. The molecule has 0 aliphatic heterocycles. The van der Waals surface area contributed by atoms with Crippen molar-refractivity contribution in [2.24, 2.45) is 0 Å². The van der Waals surface area contributed by atoms with E-state index in [9.17, 15) is 0 Å². The van der Waals surface area contributed by atoms with Crippen LogP contribution in [0.5, 0.6) is 5.75 Å². The molecule has 1 aromatic rings. The molecule has 1 aliphatic carbocycles. The summed E-state index contributed by atoms with van der Waals surface area (Å²) in [7, 11) is -1.90. The number of nitriles is 1. The largest absolute Gasteiger partial charge is 0.543 e. The highest BCUT2D eigenvalue weighted by Crippen LogP contribution is 2.44. The second-order valence-corrected chi connectivity index (χ2v) is 12.2. The summed E-state index contributed by atoms with van der Waals surface area (Å²) in [6.07, 6.45) is 1.94. The predicted molar refractivity (Wildman–Crippen MR) is 91.6 cm³/mol. The van der Waals surface area contributed by atoms with E-state index >= 15 is 0 Å². The molecule has 0 aromatic heterocycles. The van der Waals surface area contributed by atoms with Gasteiger partial charge in [0, 0.05) is 0 Å². The van der Waals surface area contributed by atoms with Crippen molar-refractivity contribution in [2.45, 2.75) is 58.2 Å². The Morgan fingerprint density at radius 2 is 1.57 bits per heavy atom. The van der Waals surface area contributed by atoms with Crippen molar-refractivity contribution < 1.29 is 4.43 Å². The van der Waals surface area contributed by atoms with Gasteiger partial charge in [-0.1, -0.05) is 41.5 Å². The Morgan fingerprint density at radius 3 is 2.00 bits per heavy atom. The summed E-state index contributed by atoms with van der Waals surface area (Å²) in [5, 5.41) is 8.96. The van der Waals surface area contributed by atoms with Gasteiger partial charge >= 0.3 is 0 Å². The summed E-state index contributed by atoms with van der Waals surface area (Å²) < 4.78 is 6.65. The lowest BCUT2D eigenvalue weighted by molar-refractivity contribution is 0.479. The Bertz CT molecular complexity index is 586. The normalized spacial score (nSPS) is 13.8. The highest BCUT2D eigenvalue weighted by atomic mass is 28.4. The second kappa shape index (κ2) is 5.69. The van der Waals surface area contributed by atoms with Crippen molar-refractivity contribution in [1.29, 1.82) is 5.26 Å². The van der Waals surface area contributed by atoms with Crippen molar-refractivity contribution in [3.63, 3.8) is 0 Å². The molecule has 0 atom stereocenters. The van der Waals surface area contributed by atoms with E-state index in [1.807, 2.05) is 18.2 Å². The molecule has 21 heavy (non-hydrogen) atoms. The van der Waals surface area contributed by atoms with Gasteiger partial charge in [-0.05, 0) is 52.0 Å². The van der Waals surface area contributed by atoms with E-state index < -0.39 is 8.32 Å². The third-order valence-electron chi connectivity index (χ3n) is 4.74. The fraction of sp³-hybridized carbons (Fsp3) is 0.500. The van der Waals surface area contributed by atoms with Crippen LogP contribution in [0.4, 0.5) is 0 Å². The molecule has 0 saturated carbocycles. The molecule has 2 nitrogen and oxygen atoms in total. The molecule has 0 spiro atoms. The van der Waals surface area contributed by atoms with Crippen LogP contribution in [0.2, 0.25) is 16.6 Å². The third kappa shape index (κ3) is 2.53. The van der Waals surface area contributed by atoms with E-state index in [2.05, 4.69) is 53.7 Å². The van der Waals surface area contributed by atoms with E-state index in [0.29, 0.717) is 16.6 Å². The maximum Gasteiger partial charge on any atom is 0.258 e. The van der Waals surface area contributed by atoms with Crippen LogP contribution >= 0.6 is 0 Å². The highest BCUT2D eigenvalue weighted by Gasteiger charge is 2.47. The molecule has 3 heteroatoms. The minimum Gasteiger partial charge on any atom is -0.543 e. The van der Waals surface area contributed by atoms with Crippen molar-refractivity contribution in [3.05, 3.63) is 29.3 Å². The van der Waals surface area contributed by atoms with Crippen LogP contribution < -0.4 is 4.43 Å². The SMILES string of the molecule is CC(C)[Si](Oc1ccc2c(c1)C=C2C#N)(C(C)C)C(C)C. The number of benzene rings is 1. The smallest absolute Gasteiger partial charge is 0.258 e. The van der Waals surface area contributed by atoms with E-state index in [0.717, 1.165) is 22.4 Å². The van der Waals surface area contributed by atoms with Gasteiger partial charge < -0.3 is 4.43 Å². The molecule has 112 valence electrons. The average Bonchev–Trinajstić information content (AvgIpc) is 2.37. The molecular weight excluding hydrogens is 274 g/mol. The Hall–Kier alpha value is -1.53. The van der Waals surface area contributed by atoms with E-state index in [1.165, 1.54) is 0 Å². The molecule has 0 unspecified atom stereocenters. The van der Waals surface area contributed by atoms with Gasteiger partial charge in [0.2, 0.25) is 0 Å². The first-order valence-corrected chi connectivity index (χ1v) is 9.92. The Morgan fingerprint density at radius 1 is 1.00 bits per heavy atom. The number of rotatable bonds is 5. The van der Waals surface area contributed by atoms with Crippen molar-refractivity contribution >= 4 is 20.0 Å². The van der Waals surface area contributed by atoms with Crippen LogP contribution in [0.15, 0.2) is 18.2 Å². The zero-order valence-electron chi connectivity index (χ0n) is 13.9. The van der Waals surface area contributed by atoms with Crippen LogP contribution in [0.1, 0.15) is 52.7 Å². The van der Waals surface area contributed by atoms with E-state index in [1.54, 1.807) is 0 Å². The maximum absolute atomic E-state index is 8.96. The van der Waals surface area contributed by atoms with Crippen LogP contribution in [0.3, 0.4) is 0 Å². The highest BCUT2D eigenvalue weighted by molar-refractivity contribution is 6.78. The number of fused-ring (bicyclic) bond motifs is 1. The van der Waals surface area contributed by atoms with Gasteiger partial charge in [0.15, 0.2) is 0 Å². The molecule has 1 aliphatic rings. The van der Waals surface area contributed by atoms with Crippen LogP contribution in [-0.2, 0) is 0 Å². The van der Waals surface area contributed by atoms with Gasteiger partial charge in [0.1, 0.15) is 5.75 Å². The maximum atomic E-state index is 8.96. The average molecular weight is 299 g/mol. The first-order valence-electron chi connectivity index (χ1n) is 7.78. The molecule has 0 bridgehead atoms. The summed E-state index contributed by atoms with van der Waals surface area (Å²) >= 11 is 0. The third-order valence-corrected chi connectivity index (χ3v) is 10.7. The van der Waals surface area contributed by atoms with Crippen molar-refractivity contribution in [3.8, 4) is 11.8 Å². The minimum absolute atomic E-state index is 0.564. The molecule has 0 N–H and O–H groups in total. The Balaban J connectivity index is 2.33. The number of nitrogens with zero attached hydrogens (tertiary/aromatic N) is 1. The number of hydrogen-bond acceptors (Lipinski definition) is 2. The quantitative estimate of drug-likeness (QED) is 0.661. The lowest BCUT2D eigenvalue weighted by atomic mass is 9.89. The van der Waals surface area contributed by atoms with Gasteiger partial charge in [-0.25, -0.2) is 0 Å². The fourth-order valence-electron chi connectivity index (χ4n) is 3.77. The van der Waals surface area contributed by atoms with Crippen LogP contribution in [0.25, 0.3) is 11.6 Å². The topological polar surface area (TPSA) is 33.0 Å². The number of allylic oxidation sites excluding steroid dienone is 1. The van der Waals surface area contributed by atoms with Crippen molar-refractivity contribution in [1.82, 2.24) is 0 Å². The van der Waals surface area contributed by atoms with E-state index in [-0.39, 0.29) is 0 Å². The first kappa shape index (κ1) is 15.8. The molecule has 0 saturated heterocycles. The van der Waals surface area contributed by atoms with E-state index in [4.69, 9.17) is 9.69 Å². The lowest BCUT2D eigenvalue weighted by Crippen LogP contribution is -2.50. The number of hydrogen-bond donors (Lipinski definition) is 0. The van der Waals surface area contributed by atoms with Gasteiger partial charge in [0.05, 0.1) is 11.6 Å². The van der Waals surface area contributed by atoms with Gasteiger partial charge in [0.25, 0.3) is 8.32 Å². The second-order valence-electron chi connectivity index (χ2n) is 6.84. The molecule has 0 fully saturated rings. The zero-order chi connectivity index (χ0) is 15.8. The van der Waals surface area contributed by atoms with Gasteiger partial charge in [-0.3, -0.25) is 0 Å². The van der Waals surface area contributed by atoms with Gasteiger partial charge in [-0.15, -0.1) is 0 Å². The molecule has 1 aromatic carbocycles. The molecule has 2 rings (SSSR count). The monoisotopic (exact) mass is 299 g/mol. The van der Waals surface area contributed by atoms with Gasteiger partial charge in [-0.2, -0.15) is 5.26 Å².